The zero-order valence-electron chi connectivity index (χ0n) is 29.0. The van der Waals surface area contributed by atoms with Gasteiger partial charge in [0.1, 0.15) is 22.9 Å². The summed E-state index contributed by atoms with van der Waals surface area (Å²) in [4.78, 5) is 68.0. The van der Waals surface area contributed by atoms with Crippen molar-refractivity contribution in [1.29, 1.82) is 0 Å². The third-order valence-electron chi connectivity index (χ3n) is 10.1. The first-order valence-electron chi connectivity index (χ1n) is 17.1. The second-order valence-electron chi connectivity index (χ2n) is 13.9. The number of nitrogens with zero attached hydrogens (tertiary/aromatic N) is 6. The van der Waals surface area contributed by atoms with Gasteiger partial charge in [0.15, 0.2) is 11.6 Å². The number of amides is 1. The van der Waals surface area contributed by atoms with Crippen molar-refractivity contribution in [3.63, 3.8) is 0 Å². The van der Waals surface area contributed by atoms with Crippen LogP contribution in [0.3, 0.4) is 0 Å². The van der Waals surface area contributed by atoms with Gasteiger partial charge in [0, 0.05) is 35.8 Å². The number of aromatic nitrogens is 5. The highest BCUT2D eigenvalue weighted by molar-refractivity contribution is 9.10. The molecule has 2 fully saturated rings. The molecule has 1 aliphatic carbocycles. The fourth-order valence-electron chi connectivity index (χ4n) is 7.16. The van der Waals surface area contributed by atoms with E-state index in [1.54, 1.807) is 4.68 Å². The van der Waals surface area contributed by atoms with Crippen LogP contribution >= 0.6 is 15.9 Å². The minimum atomic E-state index is -0.794. The van der Waals surface area contributed by atoms with Gasteiger partial charge >= 0.3 is 12.0 Å². The van der Waals surface area contributed by atoms with Gasteiger partial charge in [0.25, 0.3) is 0 Å². The molecular formula is C37H42BrN7O5. The lowest BCUT2D eigenvalue weighted by molar-refractivity contribution is -0.142. The first-order chi connectivity index (χ1) is 23.8. The molecule has 0 radical (unpaired) electrons. The van der Waals surface area contributed by atoms with E-state index in [1.807, 2.05) is 56.0 Å². The van der Waals surface area contributed by atoms with E-state index in [-0.39, 0.29) is 59.5 Å². The van der Waals surface area contributed by atoms with Crippen molar-refractivity contribution in [2.45, 2.75) is 97.3 Å². The lowest BCUT2D eigenvalue weighted by atomic mass is 10.0. The largest absolute Gasteiger partial charge is 0.390 e. The number of Topliss-reactive ketones (excluding diaryl/α,β-unsaturated/α-hetero) is 2. The third-order valence-corrected chi connectivity index (χ3v) is 10.6. The van der Waals surface area contributed by atoms with Gasteiger partial charge in [-0.1, -0.05) is 45.7 Å². The minimum Gasteiger partial charge on any atom is -0.390 e. The number of ketones is 2. The van der Waals surface area contributed by atoms with Gasteiger partial charge in [-0.15, -0.1) is 0 Å². The van der Waals surface area contributed by atoms with Crippen LogP contribution in [0.5, 0.6) is 6.01 Å². The predicted octanol–water partition coefficient (Wildman–Crippen LogP) is 5.41. The van der Waals surface area contributed by atoms with Crippen molar-refractivity contribution in [3.8, 4) is 17.1 Å². The summed E-state index contributed by atoms with van der Waals surface area (Å²) in [5, 5.41) is 5.19. The molecule has 4 atom stereocenters. The maximum absolute atomic E-state index is 14.4. The summed E-state index contributed by atoms with van der Waals surface area (Å²) < 4.78 is 7.46. The van der Waals surface area contributed by atoms with Crippen molar-refractivity contribution >= 4 is 50.3 Å². The second kappa shape index (κ2) is 14.1. The lowest BCUT2D eigenvalue weighted by Gasteiger charge is -2.34. The number of hydrogen-bond donors (Lipinski definition) is 1. The molecule has 1 amide bonds. The van der Waals surface area contributed by atoms with Gasteiger partial charge in [0.05, 0.1) is 23.7 Å². The summed E-state index contributed by atoms with van der Waals surface area (Å²) in [6.45, 7) is 9.04. The fourth-order valence-corrected chi connectivity index (χ4v) is 7.50. The number of unbranched alkanes of at least 4 members (excludes halogenated alkanes) is 1. The van der Waals surface area contributed by atoms with E-state index in [4.69, 9.17) is 10.5 Å². The lowest BCUT2D eigenvalue weighted by Crippen LogP contribution is -2.50. The number of halogens is 1. The Labute approximate surface area is 299 Å². The number of nitrogens with two attached hydrogens (primary N) is 1. The van der Waals surface area contributed by atoms with E-state index < -0.39 is 18.1 Å². The van der Waals surface area contributed by atoms with Crippen LogP contribution in [0.25, 0.3) is 22.0 Å². The standard InChI is InChI=1S/C37H42BrN7O5/c1-6-7-12-37-16-25(37)14-29(30(47)15-27-21(4)8-11-31(38)42-27)45(37)32(48)19-44-28-10-9-23(13-26(28)34(43-44)22(5)46)24-17-40-36(41-18-24)50-35(49)33(39)20(2)3/h8-11,13,17-18,20,25,29,33H,6-7,12,14-16,19,39H2,1-5H3/t25-,29-,33-,37+/m0/s1. The Morgan fingerprint density at radius 3 is 2.52 bits per heavy atom. The maximum Gasteiger partial charge on any atom is 0.330 e. The Morgan fingerprint density at radius 1 is 1.10 bits per heavy atom. The van der Waals surface area contributed by atoms with E-state index in [0.29, 0.717) is 38.7 Å². The van der Waals surface area contributed by atoms with Crippen LogP contribution in [-0.2, 0) is 27.3 Å². The number of fused-ring (bicyclic) bond motifs is 2. The van der Waals surface area contributed by atoms with Gasteiger partial charge in [-0.2, -0.15) is 5.10 Å². The van der Waals surface area contributed by atoms with Gasteiger partial charge < -0.3 is 15.4 Å². The molecule has 3 aromatic heterocycles. The Morgan fingerprint density at radius 2 is 1.84 bits per heavy atom. The van der Waals surface area contributed by atoms with Crippen LogP contribution in [0.2, 0.25) is 0 Å². The van der Waals surface area contributed by atoms with Crippen LogP contribution in [0.1, 0.15) is 81.5 Å². The number of pyridine rings is 1. The molecule has 0 bridgehead atoms. The van der Waals surface area contributed by atoms with Crippen LogP contribution < -0.4 is 10.5 Å². The highest BCUT2D eigenvalue weighted by atomic mass is 79.9. The summed E-state index contributed by atoms with van der Waals surface area (Å²) >= 11 is 3.42. The van der Waals surface area contributed by atoms with Crippen molar-refractivity contribution in [2.24, 2.45) is 17.6 Å². The summed E-state index contributed by atoms with van der Waals surface area (Å²) in [6, 6.07) is 7.81. The van der Waals surface area contributed by atoms with Crippen molar-refractivity contribution in [1.82, 2.24) is 29.6 Å². The van der Waals surface area contributed by atoms with Crippen molar-refractivity contribution in [3.05, 3.63) is 64.3 Å². The molecule has 1 saturated heterocycles. The molecule has 6 rings (SSSR count). The topological polar surface area (TPSA) is 163 Å². The molecule has 4 aromatic rings. The summed E-state index contributed by atoms with van der Waals surface area (Å²) in [5.74, 6) is -0.866. The number of rotatable bonds is 13. The summed E-state index contributed by atoms with van der Waals surface area (Å²) in [7, 11) is 0. The van der Waals surface area contributed by atoms with Crippen molar-refractivity contribution in [2.75, 3.05) is 0 Å². The van der Waals surface area contributed by atoms with E-state index in [1.165, 1.54) is 19.3 Å². The highest BCUT2D eigenvalue weighted by Crippen LogP contribution is 2.61. The normalized spacial score (nSPS) is 20.2. The molecule has 1 aromatic carbocycles. The number of aryl methyl sites for hydroxylation is 1. The van der Waals surface area contributed by atoms with Crippen LogP contribution in [0.4, 0.5) is 0 Å². The molecule has 13 heteroatoms. The molecule has 1 aliphatic heterocycles. The van der Waals surface area contributed by atoms with E-state index in [2.05, 4.69) is 42.9 Å². The molecule has 12 nitrogen and oxygen atoms in total. The number of benzene rings is 1. The number of piperidine rings is 1. The molecule has 50 heavy (non-hydrogen) atoms. The van der Waals surface area contributed by atoms with Crippen LogP contribution in [-0.4, -0.2) is 70.7 Å². The first kappa shape index (κ1) is 35.5. The fraction of sp³-hybridized carbons (Fsp3) is 0.459. The SMILES string of the molecule is CCCC[C@@]12C[C@@H]1C[C@@H](C(=O)Cc1nc(Br)ccc1C)N2C(=O)Cn1nc(C(C)=O)c2cc(-c3cnc(OC(=O)[C@@H](N)C(C)C)nc3)ccc21. The third kappa shape index (κ3) is 6.85. The number of ether oxygens (including phenoxy) is 1. The zero-order valence-corrected chi connectivity index (χ0v) is 30.6. The molecular weight excluding hydrogens is 702 g/mol. The zero-order chi connectivity index (χ0) is 35.9. The van der Waals surface area contributed by atoms with E-state index >= 15 is 0 Å². The highest BCUT2D eigenvalue weighted by Gasteiger charge is 2.67. The molecule has 2 aliphatic rings. The number of esters is 1. The van der Waals surface area contributed by atoms with Gasteiger partial charge in [0.2, 0.25) is 5.91 Å². The maximum atomic E-state index is 14.4. The number of carbonyl (C=O) groups is 4. The van der Waals surface area contributed by atoms with Gasteiger partial charge in [-0.25, -0.2) is 19.7 Å². The average molecular weight is 745 g/mol. The minimum absolute atomic E-state index is 0.0136. The molecule has 262 valence electrons. The average Bonchev–Trinajstić information content (AvgIpc) is 3.50. The quantitative estimate of drug-likeness (QED) is 0.106. The summed E-state index contributed by atoms with van der Waals surface area (Å²) in [6.07, 6.45) is 7.55. The Bertz CT molecular complexity index is 1980. The van der Waals surface area contributed by atoms with Crippen LogP contribution in [0.15, 0.2) is 47.3 Å². The Kier molecular flexibility index (Phi) is 10.0. The smallest absolute Gasteiger partial charge is 0.330 e. The monoisotopic (exact) mass is 743 g/mol. The Balaban J connectivity index is 1.26. The predicted molar refractivity (Wildman–Crippen MR) is 190 cm³/mol. The first-order valence-corrected chi connectivity index (χ1v) is 17.9. The molecule has 0 spiro atoms. The molecule has 2 N–H and O–H groups in total. The Hall–Kier alpha value is -4.36. The molecule has 1 saturated carbocycles. The molecule has 0 unspecified atom stereocenters. The number of carbonyl (C=O) groups excluding carboxylic acids is 4. The molecule has 4 heterocycles. The van der Waals surface area contributed by atoms with Gasteiger partial charge in [-0.05, 0) is 83.3 Å². The van der Waals surface area contributed by atoms with Crippen molar-refractivity contribution < 1.29 is 23.9 Å². The van der Waals surface area contributed by atoms with Gasteiger partial charge in [-0.3, -0.25) is 19.1 Å². The summed E-state index contributed by atoms with van der Waals surface area (Å²) in [5.41, 5.74) is 9.37. The van der Waals surface area contributed by atoms with E-state index in [0.717, 1.165) is 31.2 Å². The number of likely N-dealkylation sites (tertiary alicyclic amines) is 1. The second-order valence-corrected chi connectivity index (χ2v) is 14.7. The van der Waals surface area contributed by atoms with E-state index in [9.17, 15) is 19.2 Å². The number of hydrogen-bond acceptors (Lipinski definition) is 10. The van der Waals surface area contributed by atoms with Crippen LogP contribution in [0, 0.1) is 18.8 Å².